The number of unbranched alkanes of at least 4 members (excludes halogenated alkanes) is 7. The Morgan fingerprint density at radius 1 is 0.781 bits per heavy atom. The maximum atomic E-state index is 6.03. The Kier molecular flexibility index (Phi) is 11.7. The number of benzene rings is 2. The van der Waals surface area contributed by atoms with Gasteiger partial charge in [0.1, 0.15) is 5.75 Å². The van der Waals surface area contributed by atoms with Crippen molar-refractivity contribution in [1.82, 2.24) is 0 Å². The van der Waals surface area contributed by atoms with E-state index in [0.717, 1.165) is 29.2 Å². The second-order valence-electron chi connectivity index (χ2n) is 9.71. The number of ether oxygens (including phenoxy) is 1. The summed E-state index contributed by atoms with van der Waals surface area (Å²) < 4.78 is 7.09. The first kappa shape index (κ1) is 25.3. The van der Waals surface area contributed by atoms with Crippen molar-refractivity contribution >= 4 is 15.9 Å². The average Bonchev–Trinajstić information content (AvgIpc) is 2.83. The summed E-state index contributed by atoms with van der Waals surface area (Å²) in [7, 11) is 0. The van der Waals surface area contributed by atoms with Crippen LogP contribution in [0.15, 0.2) is 46.9 Å². The van der Waals surface area contributed by atoms with E-state index in [-0.39, 0.29) is 0 Å². The first-order valence-electron chi connectivity index (χ1n) is 13.3. The fourth-order valence-corrected chi connectivity index (χ4v) is 5.42. The maximum Gasteiger partial charge on any atom is 0.133 e. The van der Waals surface area contributed by atoms with E-state index in [4.69, 9.17) is 4.74 Å². The van der Waals surface area contributed by atoms with Crippen LogP contribution in [0.5, 0.6) is 5.75 Å². The van der Waals surface area contributed by atoms with Crippen LogP contribution in [0.2, 0.25) is 0 Å². The van der Waals surface area contributed by atoms with Crippen LogP contribution in [0.3, 0.4) is 0 Å². The molecule has 0 bridgehead atoms. The van der Waals surface area contributed by atoms with E-state index in [1.54, 1.807) is 0 Å². The summed E-state index contributed by atoms with van der Waals surface area (Å²) in [5, 5.41) is 0. The van der Waals surface area contributed by atoms with Crippen LogP contribution in [-0.2, 0) is 6.42 Å². The molecule has 0 saturated heterocycles. The van der Waals surface area contributed by atoms with Gasteiger partial charge in [-0.25, -0.2) is 0 Å². The highest BCUT2D eigenvalue weighted by molar-refractivity contribution is 9.10. The molecular formula is C30H43BrO. The largest absolute Gasteiger partial charge is 0.492 e. The standard InChI is InChI=1S/C30H43BrO/c1-2-3-4-5-6-7-8-12-23-32-30-22-21-28(24-29(30)31)27-19-17-26(18-20-27)16-15-25-13-10-9-11-14-25/h17-22,24-25H,2-16,23H2,1H3. The molecule has 2 aromatic rings. The van der Waals surface area contributed by atoms with Gasteiger partial charge in [-0.1, -0.05) is 114 Å². The van der Waals surface area contributed by atoms with Crippen molar-refractivity contribution in [3.05, 3.63) is 52.5 Å². The van der Waals surface area contributed by atoms with Crippen LogP contribution in [0, 0.1) is 5.92 Å². The van der Waals surface area contributed by atoms with Gasteiger partial charge in [0, 0.05) is 0 Å². The van der Waals surface area contributed by atoms with Gasteiger partial charge in [-0.3, -0.25) is 0 Å². The lowest BCUT2D eigenvalue weighted by atomic mass is 9.85. The van der Waals surface area contributed by atoms with Crippen LogP contribution in [-0.4, -0.2) is 6.61 Å². The summed E-state index contributed by atoms with van der Waals surface area (Å²) in [4.78, 5) is 0. The topological polar surface area (TPSA) is 9.23 Å². The van der Waals surface area contributed by atoms with E-state index in [0.29, 0.717) is 0 Å². The predicted octanol–water partition coefficient (Wildman–Crippen LogP) is 10.1. The first-order chi connectivity index (χ1) is 15.8. The summed E-state index contributed by atoms with van der Waals surface area (Å²) in [5.74, 6) is 1.92. The number of hydrogen-bond donors (Lipinski definition) is 0. The van der Waals surface area contributed by atoms with Gasteiger partial charge in [0.15, 0.2) is 0 Å². The van der Waals surface area contributed by atoms with E-state index >= 15 is 0 Å². The summed E-state index contributed by atoms with van der Waals surface area (Å²) in [6, 6.07) is 15.7. The molecule has 2 aromatic carbocycles. The minimum absolute atomic E-state index is 0.808. The number of rotatable bonds is 14. The van der Waals surface area contributed by atoms with E-state index in [1.807, 2.05) is 0 Å². The summed E-state index contributed by atoms with van der Waals surface area (Å²) >= 11 is 3.72. The van der Waals surface area contributed by atoms with Crippen LogP contribution in [0.1, 0.15) is 102 Å². The Labute approximate surface area is 205 Å². The van der Waals surface area contributed by atoms with Gasteiger partial charge in [-0.2, -0.15) is 0 Å². The van der Waals surface area contributed by atoms with Gasteiger partial charge >= 0.3 is 0 Å². The monoisotopic (exact) mass is 498 g/mol. The molecule has 0 N–H and O–H groups in total. The quantitative estimate of drug-likeness (QED) is 0.235. The molecule has 3 rings (SSSR count). The van der Waals surface area contributed by atoms with Crippen molar-refractivity contribution < 1.29 is 4.74 Å². The van der Waals surface area contributed by atoms with Crippen molar-refractivity contribution in [2.24, 2.45) is 5.92 Å². The number of halogens is 1. The molecule has 0 unspecified atom stereocenters. The minimum atomic E-state index is 0.808. The highest BCUT2D eigenvalue weighted by atomic mass is 79.9. The normalized spacial score (nSPS) is 14.6. The van der Waals surface area contributed by atoms with Crippen molar-refractivity contribution in [3.63, 3.8) is 0 Å². The molecule has 1 aliphatic rings. The van der Waals surface area contributed by atoms with E-state index < -0.39 is 0 Å². The molecule has 1 fully saturated rings. The Morgan fingerprint density at radius 3 is 2.12 bits per heavy atom. The first-order valence-corrected chi connectivity index (χ1v) is 14.1. The third kappa shape index (κ3) is 8.93. The number of aryl methyl sites for hydroxylation is 1. The molecule has 0 radical (unpaired) electrons. The molecule has 1 aliphatic carbocycles. The SMILES string of the molecule is CCCCCCCCCCOc1ccc(-c2ccc(CCC3CCCCC3)cc2)cc1Br. The van der Waals surface area contributed by atoms with Crippen LogP contribution >= 0.6 is 15.9 Å². The van der Waals surface area contributed by atoms with E-state index in [9.17, 15) is 0 Å². The number of hydrogen-bond acceptors (Lipinski definition) is 1. The van der Waals surface area contributed by atoms with Crippen LogP contribution < -0.4 is 4.74 Å². The Balaban J connectivity index is 1.39. The summed E-state index contributed by atoms with van der Waals surface area (Å²) in [6.07, 6.45) is 20.4. The zero-order valence-electron chi connectivity index (χ0n) is 20.2. The Hall–Kier alpha value is -1.28. The Bertz CT molecular complexity index is 761. The fraction of sp³-hybridized carbons (Fsp3) is 0.600. The predicted molar refractivity (Wildman–Crippen MR) is 143 cm³/mol. The van der Waals surface area contributed by atoms with E-state index in [2.05, 4.69) is 65.3 Å². The summed E-state index contributed by atoms with van der Waals surface area (Å²) in [6.45, 7) is 3.08. The highest BCUT2D eigenvalue weighted by Gasteiger charge is 2.13. The smallest absolute Gasteiger partial charge is 0.133 e. The fourth-order valence-electron chi connectivity index (χ4n) is 4.93. The van der Waals surface area contributed by atoms with Crippen LogP contribution in [0.25, 0.3) is 11.1 Å². The van der Waals surface area contributed by atoms with Gasteiger partial charge < -0.3 is 4.74 Å². The molecular weight excluding hydrogens is 456 g/mol. The van der Waals surface area contributed by atoms with Gasteiger partial charge in [0.05, 0.1) is 11.1 Å². The third-order valence-corrected chi connectivity index (χ3v) is 7.66. The van der Waals surface area contributed by atoms with Gasteiger partial charge in [0.2, 0.25) is 0 Å². The molecule has 0 spiro atoms. The molecule has 1 nitrogen and oxygen atoms in total. The zero-order valence-corrected chi connectivity index (χ0v) is 21.8. The third-order valence-electron chi connectivity index (χ3n) is 7.04. The molecule has 2 heteroatoms. The Morgan fingerprint density at radius 2 is 1.44 bits per heavy atom. The van der Waals surface area contributed by atoms with Crippen molar-refractivity contribution in [2.45, 2.75) is 103 Å². The van der Waals surface area contributed by atoms with Gasteiger partial charge in [0.25, 0.3) is 0 Å². The zero-order chi connectivity index (χ0) is 22.4. The second kappa shape index (κ2) is 14.8. The van der Waals surface area contributed by atoms with Crippen molar-refractivity contribution in [2.75, 3.05) is 6.61 Å². The molecule has 0 aromatic heterocycles. The van der Waals surface area contributed by atoms with Crippen molar-refractivity contribution in [3.8, 4) is 16.9 Å². The molecule has 0 heterocycles. The lowest BCUT2D eigenvalue weighted by Crippen LogP contribution is -2.07. The molecule has 0 aliphatic heterocycles. The molecule has 0 atom stereocenters. The minimum Gasteiger partial charge on any atom is -0.492 e. The lowest BCUT2D eigenvalue weighted by molar-refractivity contribution is 0.302. The average molecular weight is 500 g/mol. The molecule has 32 heavy (non-hydrogen) atoms. The summed E-state index contributed by atoms with van der Waals surface area (Å²) in [5.41, 5.74) is 4.00. The van der Waals surface area contributed by atoms with Gasteiger partial charge in [-0.05, 0) is 69.9 Å². The second-order valence-corrected chi connectivity index (χ2v) is 10.6. The van der Waals surface area contributed by atoms with Crippen LogP contribution in [0.4, 0.5) is 0 Å². The van der Waals surface area contributed by atoms with E-state index in [1.165, 1.54) is 107 Å². The van der Waals surface area contributed by atoms with Gasteiger partial charge in [-0.15, -0.1) is 0 Å². The highest BCUT2D eigenvalue weighted by Crippen LogP contribution is 2.32. The van der Waals surface area contributed by atoms with Crippen molar-refractivity contribution in [1.29, 1.82) is 0 Å². The molecule has 176 valence electrons. The maximum absolute atomic E-state index is 6.03. The molecule has 1 saturated carbocycles. The molecule has 0 amide bonds. The lowest BCUT2D eigenvalue weighted by Gasteiger charge is -2.21.